The molecular formula is C25H29ClN4O5. The van der Waals surface area contributed by atoms with Gasteiger partial charge in [0.2, 0.25) is 0 Å². The lowest BCUT2D eigenvalue weighted by Gasteiger charge is -2.25. The number of nitrogens with zero attached hydrogens (tertiary/aromatic N) is 1. The second-order valence-electron chi connectivity index (χ2n) is 8.31. The number of imide groups is 3. The first-order valence-corrected chi connectivity index (χ1v) is 11.8. The van der Waals surface area contributed by atoms with Gasteiger partial charge in [0.05, 0.1) is 12.7 Å². The molecule has 0 aliphatic heterocycles. The molecule has 0 heterocycles. The van der Waals surface area contributed by atoms with E-state index in [2.05, 4.69) is 10.6 Å². The first-order valence-electron chi connectivity index (χ1n) is 11.4. The third-order valence-electron chi connectivity index (χ3n) is 5.87. The third kappa shape index (κ3) is 6.95. The van der Waals surface area contributed by atoms with E-state index in [4.69, 9.17) is 22.1 Å². The van der Waals surface area contributed by atoms with Crippen molar-refractivity contribution in [3.8, 4) is 5.75 Å². The second kappa shape index (κ2) is 12.2. The zero-order valence-corrected chi connectivity index (χ0v) is 20.3. The molecule has 1 aliphatic rings. The number of nitrogens with two attached hydrogens (primary N) is 1. The molecule has 2 aromatic rings. The van der Waals surface area contributed by atoms with Gasteiger partial charge in [-0.15, -0.1) is 0 Å². The van der Waals surface area contributed by atoms with E-state index in [0.29, 0.717) is 34.2 Å². The minimum absolute atomic E-state index is 0.0737. The number of hydrogen-bond acceptors (Lipinski definition) is 5. The van der Waals surface area contributed by atoms with Crippen molar-refractivity contribution >= 4 is 35.5 Å². The number of halogens is 1. The monoisotopic (exact) mass is 500 g/mol. The van der Waals surface area contributed by atoms with Crippen LogP contribution >= 0.6 is 11.6 Å². The van der Waals surface area contributed by atoms with Crippen molar-refractivity contribution in [3.05, 3.63) is 64.2 Å². The van der Waals surface area contributed by atoms with Gasteiger partial charge >= 0.3 is 12.1 Å². The Bertz CT molecular complexity index is 1080. The van der Waals surface area contributed by atoms with Gasteiger partial charge in [0.1, 0.15) is 5.75 Å². The van der Waals surface area contributed by atoms with Crippen LogP contribution in [0.2, 0.25) is 5.02 Å². The molecule has 3 rings (SSSR count). The van der Waals surface area contributed by atoms with Crippen molar-refractivity contribution in [2.24, 2.45) is 5.73 Å². The molecular weight excluding hydrogens is 472 g/mol. The molecule has 10 heteroatoms. The molecule has 186 valence electrons. The van der Waals surface area contributed by atoms with Crippen molar-refractivity contribution in [2.45, 2.75) is 44.6 Å². The van der Waals surface area contributed by atoms with E-state index >= 15 is 0 Å². The molecule has 1 aliphatic carbocycles. The van der Waals surface area contributed by atoms with E-state index in [1.54, 1.807) is 24.3 Å². The molecule has 0 saturated heterocycles. The van der Waals surface area contributed by atoms with Crippen LogP contribution < -0.4 is 21.1 Å². The van der Waals surface area contributed by atoms with E-state index < -0.39 is 18.0 Å². The number of amides is 6. The average Bonchev–Trinajstić information content (AvgIpc) is 2.84. The van der Waals surface area contributed by atoms with Crippen LogP contribution in [0.1, 0.15) is 58.4 Å². The fraction of sp³-hybridized carbons (Fsp3) is 0.360. The van der Waals surface area contributed by atoms with Crippen molar-refractivity contribution < 1.29 is 23.9 Å². The second-order valence-corrected chi connectivity index (χ2v) is 8.75. The van der Waals surface area contributed by atoms with Crippen molar-refractivity contribution in [3.63, 3.8) is 0 Å². The van der Waals surface area contributed by atoms with Crippen LogP contribution in [0.4, 0.5) is 9.59 Å². The highest BCUT2D eigenvalue weighted by molar-refractivity contribution is 6.31. The summed E-state index contributed by atoms with van der Waals surface area (Å²) < 4.78 is 5.20. The molecule has 0 bridgehead atoms. The SMILES string of the molecule is COc1ccc(Cl)cc1C(=O)NCCc1ccc(C(=O)N(C(N)=O)C(=O)NC2CCCCC2)cc1. The summed E-state index contributed by atoms with van der Waals surface area (Å²) >= 11 is 5.98. The zero-order valence-electron chi connectivity index (χ0n) is 19.5. The number of benzene rings is 2. The van der Waals surface area contributed by atoms with Gasteiger partial charge in [-0.1, -0.05) is 43.0 Å². The number of ether oxygens (including phenoxy) is 1. The van der Waals surface area contributed by atoms with Crippen LogP contribution in [0.25, 0.3) is 0 Å². The Labute approximate surface area is 208 Å². The molecule has 6 amide bonds. The summed E-state index contributed by atoms with van der Waals surface area (Å²) in [6, 6.07) is 9.20. The maximum Gasteiger partial charge on any atom is 0.333 e. The lowest BCUT2D eigenvalue weighted by atomic mass is 9.96. The summed E-state index contributed by atoms with van der Waals surface area (Å²) in [5.74, 6) is -0.697. The number of methoxy groups -OCH3 is 1. The standard InChI is InChI=1S/C25H29ClN4O5/c1-35-21-12-11-18(26)15-20(21)22(31)28-14-13-16-7-9-17(10-8-16)23(32)30(24(27)33)25(34)29-19-5-3-2-4-6-19/h7-12,15,19H,2-6,13-14H2,1H3,(H2,27,33)(H,28,31)(H,29,34). The van der Waals surface area contributed by atoms with Crippen LogP contribution in [-0.2, 0) is 6.42 Å². The zero-order chi connectivity index (χ0) is 25.4. The van der Waals surface area contributed by atoms with Gasteiger partial charge in [-0.05, 0) is 55.2 Å². The van der Waals surface area contributed by atoms with E-state index in [0.717, 1.165) is 37.7 Å². The number of rotatable bonds is 7. The predicted octanol–water partition coefficient (Wildman–Crippen LogP) is 3.88. The summed E-state index contributed by atoms with van der Waals surface area (Å²) in [4.78, 5) is 50.1. The smallest absolute Gasteiger partial charge is 0.333 e. The average molecular weight is 501 g/mol. The molecule has 0 aromatic heterocycles. The third-order valence-corrected chi connectivity index (χ3v) is 6.10. The highest BCUT2D eigenvalue weighted by atomic mass is 35.5. The number of urea groups is 2. The largest absolute Gasteiger partial charge is 0.496 e. The number of primary amides is 1. The molecule has 4 N–H and O–H groups in total. The molecule has 1 fully saturated rings. The first kappa shape index (κ1) is 26.0. The Balaban J connectivity index is 1.57. The van der Waals surface area contributed by atoms with Gasteiger partial charge in [-0.25, -0.2) is 9.59 Å². The van der Waals surface area contributed by atoms with Crippen molar-refractivity contribution in [1.29, 1.82) is 0 Å². The number of hydrogen-bond donors (Lipinski definition) is 3. The van der Waals surface area contributed by atoms with Crippen LogP contribution in [0, 0.1) is 0 Å². The lowest BCUT2D eigenvalue weighted by molar-refractivity contribution is 0.0837. The highest BCUT2D eigenvalue weighted by Gasteiger charge is 2.29. The van der Waals surface area contributed by atoms with Gasteiger partial charge in [-0.3, -0.25) is 9.59 Å². The van der Waals surface area contributed by atoms with Gasteiger partial charge in [0, 0.05) is 23.2 Å². The first-order chi connectivity index (χ1) is 16.8. The molecule has 9 nitrogen and oxygen atoms in total. The Kier molecular flexibility index (Phi) is 9.08. The maximum atomic E-state index is 12.8. The molecule has 0 spiro atoms. The van der Waals surface area contributed by atoms with Crippen LogP contribution in [0.15, 0.2) is 42.5 Å². The van der Waals surface area contributed by atoms with E-state index in [9.17, 15) is 19.2 Å². The lowest BCUT2D eigenvalue weighted by Crippen LogP contribution is -2.52. The molecule has 35 heavy (non-hydrogen) atoms. The van der Waals surface area contributed by atoms with E-state index in [-0.39, 0.29) is 17.5 Å². The number of nitrogens with one attached hydrogen (secondary N) is 2. The Hall–Kier alpha value is -3.59. The molecule has 2 aromatic carbocycles. The van der Waals surface area contributed by atoms with Gasteiger partial charge in [-0.2, -0.15) is 4.90 Å². The predicted molar refractivity (Wildman–Crippen MR) is 132 cm³/mol. The fourth-order valence-corrected chi connectivity index (χ4v) is 4.17. The summed E-state index contributed by atoms with van der Waals surface area (Å²) in [5.41, 5.74) is 6.66. The molecule has 0 radical (unpaired) electrons. The van der Waals surface area contributed by atoms with Crippen LogP contribution in [-0.4, -0.2) is 48.5 Å². The van der Waals surface area contributed by atoms with Crippen molar-refractivity contribution in [1.82, 2.24) is 15.5 Å². The van der Waals surface area contributed by atoms with Gasteiger partial charge in [0.15, 0.2) is 0 Å². The van der Waals surface area contributed by atoms with E-state index in [1.165, 1.54) is 25.3 Å². The van der Waals surface area contributed by atoms with Crippen LogP contribution in [0.5, 0.6) is 5.75 Å². The summed E-state index contributed by atoms with van der Waals surface area (Å²) in [6.45, 7) is 0.332. The summed E-state index contributed by atoms with van der Waals surface area (Å²) in [7, 11) is 1.47. The topological polar surface area (TPSA) is 131 Å². The van der Waals surface area contributed by atoms with Crippen LogP contribution in [0.3, 0.4) is 0 Å². The maximum absolute atomic E-state index is 12.8. The molecule has 0 unspecified atom stereocenters. The normalized spacial score (nSPS) is 13.5. The Morgan fingerprint density at radius 1 is 1.06 bits per heavy atom. The Morgan fingerprint density at radius 2 is 1.74 bits per heavy atom. The summed E-state index contributed by atoms with van der Waals surface area (Å²) in [6.07, 6.45) is 5.19. The Morgan fingerprint density at radius 3 is 2.37 bits per heavy atom. The summed E-state index contributed by atoms with van der Waals surface area (Å²) in [5, 5.41) is 5.97. The number of carbonyl (C=O) groups excluding carboxylic acids is 4. The minimum atomic E-state index is -1.13. The number of carbonyl (C=O) groups is 4. The fourth-order valence-electron chi connectivity index (χ4n) is 3.99. The minimum Gasteiger partial charge on any atom is -0.496 e. The van der Waals surface area contributed by atoms with Crippen molar-refractivity contribution in [2.75, 3.05) is 13.7 Å². The van der Waals surface area contributed by atoms with E-state index in [1.807, 2.05) is 0 Å². The quantitative estimate of drug-likeness (QED) is 0.531. The highest BCUT2D eigenvalue weighted by Crippen LogP contribution is 2.22. The van der Waals surface area contributed by atoms with Gasteiger partial charge < -0.3 is 21.1 Å². The molecule has 0 atom stereocenters. The van der Waals surface area contributed by atoms with Gasteiger partial charge in [0.25, 0.3) is 11.8 Å². The molecule has 1 saturated carbocycles.